The van der Waals surface area contributed by atoms with E-state index in [1.54, 1.807) is 0 Å². The van der Waals surface area contributed by atoms with Crippen molar-refractivity contribution in [3.8, 4) is 11.5 Å². The molecule has 142 valence electrons. The standard InChI is InChI=1S/C22H22N4O2/c27-20(11-12-21-24-25-22(28-21)18-8-2-1-3-9-18)23-14-6-15-26-16-13-17-7-4-5-10-19(17)26/h1-5,7-10,13,16H,6,11-12,14-15H2,(H,23,27). The molecule has 0 aliphatic heterocycles. The van der Waals surface area contributed by atoms with Gasteiger partial charge in [0.05, 0.1) is 0 Å². The molecule has 1 amide bonds. The molecule has 2 aromatic carbocycles. The van der Waals surface area contributed by atoms with Crippen molar-refractivity contribution in [3.63, 3.8) is 0 Å². The summed E-state index contributed by atoms with van der Waals surface area (Å²) in [6, 6.07) is 20.0. The highest BCUT2D eigenvalue weighted by Crippen LogP contribution is 2.17. The van der Waals surface area contributed by atoms with Crippen LogP contribution in [0.25, 0.3) is 22.4 Å². The summed E-state index contributed by atoms with van der Waals surface area (Å²) in [4.78, 5) is 12.1. The van der Waals surface area contributed by atoms with Gasteiger partial charge in [0, 0.05) is 43.2 Å². The van der Waals surface area contributed by atoms with E-state index in [1.165, 1.54) is 10.9 Å². The van der Waals surface area contributed by atoms with Crippen LogP contribution in [-0.4, -0.2) is 27.2 Å². The molecule has 0 saturated heterocycles. The molecule has 0 bridgehead atoms. The van der Waals surface area contributed by atoms with Crippen LogP contribution in [0.3, 0.4) is 0 Å². The van der Waals surface area contributed by atoms with Crippen LogP contribution in [0.15, 0.2) is 71.3 Å². The monoisotopic (exact) mass is 374 g/mol. The molecule has 4 rings (SSSR count). The minimum Gasteiger partial charge on any atom is -0.421 e. The summed E-state index contributed by atoms with van der Waals surface area (Å²) in [6.45, 7) is 1.52. The van der Waals surface area contributed by atoms with Gasteiger partial charge >= 0.3 is 0 Å². The van der Waals surface area contributed by atoms with Crippen LogP contribution in [0, 0.1) is 0 Å². The fraction of sp³-hybridized carbons (Fsp3) is 0.227. The highest BCUT2D eigenvalue weighted by atomic mass is 16.4. The molecule has 6 nitrogen and oxygen atoms in total. The fourth-order valence-corrected chi connectivity index (χ4v) is 3.17. The Bertz CT molecular complexity index is 1050. The second-order valence-corrected chi connectivity index (χ2v) is 6.64. The van der Waals surface area contributed by atoms with E-state index >= 15 is 0 Å². The Morgan fingerprint density at radius 3 is 2.71 bits per heavy atom. The summed E-state index contributed by atoms with van der Waals surface area (Å²) in [6.07, 6.45) is 3.74. The number of rotatable bonds is 8. The average molecular weight is 374 g/mol. The molecule has 0 aliphatic rings. The van der Waals surface area contributed by atoms with Crippen LogP contribution in [0.1, 0.15) is 18.7 Å². The third kappa shape index (κ3) is 4.28. The topological polar surface area (TPSA) is 72.9 Å². The molecule has 2 aromatic heterocycles. The van der Waals surface area contributed by atoms with Crippen molar-refractivity contribution in [1.82, 2.24) is 20.1 Å². The second-order valence-electron chi connectivity index (χ2n) is 6.64. The average Bonchev–Trinajstić information content (AvgIpc) is 3.38. The second kappa shape index (κ2) is 8.52. The zero-order valence-electron chi connectivity index (χ0n) is 15.5. The smallest absolute Gasteiger partial charge is 0.247 e. The van der Waals surface area contributed by atoms with Crippen LogP contribution in [0.5, 0.6) is 0 Å². The van der Waals surface area contributed by atoms with E-state index in [-0.39, 0.29) is 5.91 Å². The molecule has 0 spiro atoms. The van der Waals surface area contributed by atoms with Crippen LogP contribution < -0.4 is 5.32 Å². The Kier molecular flexibility index (Phi) is 5.47. The zero-order chi connectivity index (χ0) is 19.2. The van der Waals surface area contributed by atoms with Gasteiger partial charge in [-0.1, -0.05) is 36.4 Å². The molecule has 0 unspecified atom stereocenters. The summed E-state index contributed by atoms with van der Waals surface area (Å²) in [5.74, 6) is 0.958. The van der Waals surface area contributed by atoms with Gasteiger partial charge in [-0.2, -0.15) is 0 Å². The summed E-state index contributed by atoms with van der Waals surface area (Å²) < 4.78 is 7.84. The lowest BCUT2D eigenvalue weighted by atomic mass is 10.2. The number of nitrogens with zero attached hydrogens (tertiary/aromatic N) is 3. The number of amides is 1. The third-order valence-electron chi connectivity index (χ3n) is 4.63. The molecule has 0 atom stereocenters. The minimum atomic E-state index is -0.00294. The number of fused-ring (bicyclic) bond motifs is 1. The first kappa shape index (κ1) is 18.0. The molecule has 0 radical (unpaired) electrons. The Morgan fingerprint density at radius 1 is 1.00 bits per heavy atom. The lowest BCUT2D eigenvalue weighted by Gasteiger charge is -2.07. The highest BCUT2D eigenvalue weighted by Gasteiger charge is 2.10. The van der Waals surface area contributed by atoms with Crippen molar-refractivity contribution in [3.05, 3.63) is 72.8 Å². The predicted molar refractivity (Wildman–Crippen MR) is 108 cm³/mol. The molecule has 0 fully saturated rings. The van der Waals surface area contributed by atoms with Crippen molar-refractivity contribution < 1.29 is 9.21 Å². The third-order valence-corrected chi connectivity index (χ3v) is 4.63. The molecule has 2 heterocycles. The number of carbonyl (C=O) groups is 1. The molecule has 0 saturated carbocycles. The number of para-hydroxylation sites is 1. The fourth-order valence-electron chi connectivity index (χ4n) is 3.17. The van der Waals surface area contributed by atoms with Crippen LogP contribution in [-0.2, 0) is 17.8 Å². The molecular formula is C22H22N4O2. The Morgan fingerprint density at radius 2 is 1.82 bits per heavy atom. The Labute approximate surface area is 163 Å². The van der Waals surface area contributed by atoms with E-state index in [0.29, 0.717) is 31.2 Å². The quantitative estimate of drug-likeness (QED) is 0.476. The van der Waals surface area contributed by atoms with Crippen molar-refractivity contribution >= 4 is 16.8 Å². The molecule has 1 N–H and O–H groups in total. The number of hydrogen-bond acceptors (Lipinski definition) is 4. The highest BCUT2D eigenvalue weighted by molar-refractivity contribution is 5.79. The molecule has 0 aliphatic carbocycles. The van der Waals surface area contributed by atoms with Gasteiger partial charge in [-0.15, -0.1) is 10.2 Å². The van der Waals surface area contributed by atoms with Gasteiger partial charge < -0.3 is 14.3 Å². The zero-order valence-corrected chi connectivity index (χ0v) is 15.5. The van der Waals surface area contributed by atoms with Crippen LogP contribution in [0.4, 0.5) is 0 Å². The van der Waals surface area contributed by atoms with Gasteiger partial charge in [-0.25, -0.2) is 0 Å². The van der Waals surface area contributed by atoms with Gasteiger partial charge in [0.1, 0.15) is 0 Å². The van der Waals surface area contributed by atoms with Crippen molar-refractivity contribution in [1.29, 1.82) is 0 Å². The maximum atomic E-state index is 12.1. The number of benzene rings is 2. The minimum absolute atomic E-state index is 0.00294. The number of aryl methyl sites for hydroxylation is 2. The van der Waals surface area contributed by atoms with Crippen molar-refractivity contribution in [2.75, 3.05) is 6.54 Å². The van der Waals surface area contributed by atoms with Gasteiger partial charge in [0.15, 0.2) is 0 Å². The first-order chi connectivity index (χ1) is 13.8. The molecule has 28 heavy (non-hydrogen) atoms. The molecule has 6 heteroatoms. The number of aromatic nitrogens is 3. The van der Waals surface area contributed by atoms with Gasteiger partial charge in [0.2, 0.25) is 17.7 Å². The first-order valence-electron chi connectivity index (χ1n) is 9.48. The van der Waals surface area contributed by atoms with E-state index < -0.39 is 0 Å². The van der Waals surface area contributed by atoms with E-state index in [0.717, 1.165) is 18.5 Å². The normalized spacial score (nSPS) is 11.0. The van der Waals surface area contributed by atoms with Gasteiger partial charge in [0.25, 0.3) is 0 Å². The maximum absolute atomic E-state index is 12.1. The number of hydrogen-bond donors (Lipinski definition) is 1. The van der Waals surface area contributed by atoms with Crippen molar-refractivity contribution in [2.24, 2.45) is 0 Å². The summed E-state index contributed by atoms with van der Waals surface area (Å²) in [7, 11) is 0. The van der Waals surface area contributed by atoms with Gasteiger partial charge in [-0.3, -0.25) is 4.79 Å². The number of nitrogens with one attached hydrogen (secondary N) is 1. The van der Waals surface area contributed by atoms with E-state index in [9.17, 15) is 4.79 Å². The first-order valence-corrected chi connectivity index (χ1v) is 9.48. The predicted octanol–water partition coefficient (Wildman–Crippen LogP) is 3.83. The maximum Gasteiger partial charge on any atom is 0.247 e. The largest absolute Gasteiger partial charge is 0.421 e. The lowest BCUT2D eigenvalue weighted by Crippen LogP contribution is -2.25. The van der Waals surface area contributed by atoms with E-state index in [1.807, 2.05) is 42.5 Å². The van der Waals surface area contributed by atoms with E-state index in [2.05, 4.69) is 44.5 Å². The van der Waals surface area contributed by atoms with Crippen molar-refractivity contribution in [2.45, 2.75) is 25.8 Å². The molecular weight excluding hydrogens is 352 g/mol. The summed E-state index contributed by atoms with van der Waals surface area (Å²) in [5, 5.41) is 12.3. The summed E-state index contributed by atoms with van der Waals surface area (Å²) in [5.41, 5.74) is 2.10. The number of carbonyl (C=O) groups excluding carboxylic acids is 1. The Hall–Kier alpha value is -3.41. The lowest BCUT2D eigenvalue weighted by molar-refractivity contribution is -0.121. The SMILES string of the molecule is O=C(CCc1nnc(-c2ccccc2)o1)NCCCn1ccc2ccccc21. The van der Waals surface area contributed by atoms with Gasteiger partial charge in [-0.05, 0) is 36.1 Å². The summed E-state index contributed by atoms with van der Waals surface area (Å²) >= 11 is 0. The molecule has 4 aromatic rings. The Balaban J connectivity index is 1.20. The van der Waals surface area contributed by atoms with E-state index in [4.69, 9.17) is 4.42 Å². The van der Waals surface area contributed by atoms with Crippen LogP contribution >= 0.6 is 0 Å². The van der Waals surface area contributed by atoms with Crippen LogP contribution in [0.2, 0.25) is 0 Å².